The number of aliphatic hydroxyl groups excluding tert-OH is 1. The molecule has 4 nitrogen and oxygen atoms in total. The van der Waals surface area contributed by atoms with Gasteiger partial charge in [-0.15, -0.1) is 0 Å². The van der Waals surface area contributed by atoms with E-state index in [1.807, 2.05) is 30.3 Å². The Labute approximate surface area is 145 Å². The lowest BCUT2D eigenvalue weighted by atomic mass is 9.60. The molecule has 1 N–H and O–H groups in total. The summed E-state index contributed by atoms with van der Waals surface area (Å²) in [5, 5.41) is 9.79. The Balaban J connectivity index is 1.83. The van der Waals surface area contributed by atoms with Crippen molar-refractivity contribution in [3.8, 4) is 0 Å². The van der Waals surface area contributed by atoms with E-state index in [2.05, 4.69) is 0 Å². The van der Waals surface area contributed by atoms with E-state index in [-0.39, 0.29) is 31.0 Å². The third kappa shape index (κ3) is 3.15. The topological polar surface area (TPSA) is 43.8 Å². The van der Waals surface area contributed by atoms with Crippen LogP contribution in [0, 0.1) is 0 Å². The Bertz CT molecular complexity index is 614. The third-order valence-corrected chi connectivity index (χ3v) is 5.50. The second-order valence-corrected chi connectivity index (χ2v) is 6.90. The predicted octanol–water partition coefficient (Wildman–Crippen LogP) is 2.39. The highest BCUT2D eigenvalue weighted by atomic mass is 19.4. The first-order valence-electron chi connectivity index (χ1n) is 8.59. The number of carbonyl (C=O) groups is 1. The molecule has 1 spiro atoms. The summed E-state index contributed by atoms with van der Waals surface area (Å²) in [4.78, 5) is 15.4. The van der Waals surface area contributed by atoms with E-state index in [1.54, 1.807) is 16.7 Å². The van der Waals surface area contributed by atoms with Gasteiger partial charge >= 0.3 is 6.18 Å². The summed E-state index contributed by atoms with van der Waals surface area (Å²) in [6.45, 7) is 2.29. The van der Waals surface area contributed by atoms with E-state index in [1.165, 1.54) is 0 Å². The lowest BCUT2D eigenvalue weighted by molar-refractivity contribution is -0.209. The molecule has 0 unspecified atom stereocenters. The van der Waals surface area contributed by atoms with Crippen LogP contribution in [0.5, 0.6) is 0 Å². The molecule has 3 rings (SSSR count). The van der Waals surface area contributed by atoms with Crippen molar-refractivity contribution in [1.82, 2.24) is 9.80 Å². The molecule has 25 heavy (non-hydrogen) atoms. The first-order chi connectivity index (χ1) is 11.8. The highest BCUT2D eigenvalue weighted by molar-refractivity contribution is 5.77. The Hall–Kier alpha value is -1.60. The summed E-state index contributed by atoms with van der Waals surface area (Å²) in [5.74, 6) is -0.0477. The molecule has 7 heteroatoms. The summed E-state index contributed by atoms with van der Waals surface area (Å²) in [7, 11) is 0. The molecule has 2 atom stereocenters. The highest BCUT2D eigenvalue weighted by Gasteiger charge is 2.66. The maximum atomic E-state index is 12.7. The van der Waals surface area contributed by atoms with Crippen molar-refractivity contribution in [2.45, 2.75) is 43.4 Å². The molecule has 138 valence electrons. The van der Waals surface area contributed by atoms with Crippen molar-refractivity contribution in [1.29, 1.82) is 0 Å². The molecular formula is C18H23F3N2O2. The molecule has 2 aliphatic heterocycles. The van der Waals surface area contributed by atoms with E-state index in [0.29, 0.717) is 19.5 Å². The van der Waals surface area contributed by atoms with Crippen LogP contribution < -0.4 is 0 Å². The van der Waals surface area contributed by atoms with Gasteiger partial charge < -0.3 is 10.0 Å². The predicted molar refractivity (Wildman–Crippen MR) is 87.0 cm³/mol. The van der Waals surface area contributed by atoms with Crippen LogP contribution in [0.25, 0.3) is 0 Å². The number of carbonyl (C=O) groups excluding carboxylic acids is 1. The van der Waals surface area contributed by atoms with Gasteiger partial charge in [0.05, 0.1) is 18.6 Å². The van der Waals surface area contributed by atoms with Gasteiger partial charge in [0.15, 0.2) is 0 Å². The Morgan fingerprint density at radius 1 is 1.28 bits per heavy atom. The maximum Gasteiger partial charge on any atom is 0.390 e. The number of likely N-dealkylation sites (tertiary alicyclic amines) is 2. The number of rotatable bonds is 5. The Morgan fingerprint density at radius 2 is 1.92 bits per heavy atom. The summed E-state index contributed by atoms with van der Waals surface area (Å²) < 4.78 is 38.1. The lowest BCUT2D eigenvalue weighted by Crippen LogP contribution is -2.85. The minimum absolute atomic E-state index is 0.0145. The zero-order valence-corrected chi connectivity index (χ0v) is 14.2. The van der Waals surface area contributed by atoms with Crippen LogP contribution >= 0.6 is 0 Å². The van der Waals surface area contributed by atoms with E-state index in [0.717, 1.165) is 5.56 Å². The van der Waals surface area contributed by atoms with Crippen LogP contribution in [0.2, 0.25) is 0 Å². The number of alkyl halides is 3. The maximum absolute atomic E-state index is 12.7. The first-order valence-corrected chi connectivity index (χ1v) is 8.59. The average molecular weight is 356 g/mol. The van der Waals surface area contributed by atoms with Gasteiger partial charge in [0, 0.05) is 38.0 Å². The monoisotopic (exact) mass is 356 g/mol. The molecule has 1 aromatic carbocycles. The molecule has 1 aromatic rings. The third-order valence-electron chi connectivity index (χ3n) is 5.50. The lowest BCUT2D eigenvalue weighted by Gasteiger charge is -2.71. The normalized spacial score (nSPS) is 25.6. The van der Waals surface area contributed by atoms with Crippen molar-refractivity contribution in [3.63, 3.8) is 0 Å². The quantitative estimate of drug-likeness (QED) is 0.881. The van der Waals surface area contributed by atoms with Crippen LogP contribution in [0.1, 0.15) is 31.2 Å². The molecule has 0 aromatic heterocycles. The Morgan fingerprint density at radius 3 is 2.44 bits per heavy atom. The number of hydrogen-bond donors (Lipinski definition) is 1. The summed E-state index contributed by atoms with van der Waals surface area (Å²) >= 11 is 0. The minimum Gasteiger partial charge on any atom is -0.395 e. The van der Waals surface area contributed by atoms with Crippen molar-refractivity contribution in [3.05, 3.63) is 35.9 Å². The number of hydrogen-bond acceptors (Lipinski definition) is 3. The molecule has 0 bridgehead atoms. The van der Waals surface area contributed by atoms with Crippen LogP contribution in [0.4, 0.5) is 13.2 Å². The number of nitrogens with zero attached hydrogens (tertiary/aromatic N) is 2. The zero-order valence-electron chi connectivity index (χ0n) is 14.2. The molecule has 0 saturated carbocycles. The Kier molecular flexibility index (Phi) is 4.81. The summed E-state index contributed by atoms with van der Waals surface area (Å²) in [6.07, 6.45) is -4.76. The van der Waals surface area contributed by atoms with Crippen LogP contribution in [0.3, 0.4) is 0 Å². The molecule has 2 aliphatic rings. The number of halogens is 3. The molecule has 0 radical (unpaired) electrons. The van der Waals surface area contributed by atoms with Crippen LogP contribution in [-0.2, 0) is 4.79 Å². The van der Waals surface area contributed by atoms with E-state index in [4.69, 9.17) is 0 Å². The van der Waals surface area contributed by atoms with Crippen LogP contribution in [0.15, 0.2) is 30.3 Å². The van der Waals surface area contributed by atoms with E-state index in [9.17, 15) is 23.1 Å². The van der Waals surface area contributed by atoms with Gasteiger partial charge in [0.2, 0.25) is 5.91 Å². The average Bonchev–Trinajstić information content (AvgIpc) is 2.52. The van der Waals surface area contributed by atoms with Crippen molar-refractivity contribution in [2.24, 2.45) is 0 Å². The minimum atomic E-state index is -4.23. The number of amides is 1. The van der Waals surface area contributed by atoms with Crippen molar-refractivity contribution >= 4 is 5.91 Å². The second kappa shape index (κ2) is 6.61. The zero-order chi connectivity index (χ0) is 18.2. The summed E-state index contributed by atoms with van der Waals surface area (Å²) in [6, 6.07) is 9.22. The smallest absolute Gasteiger partial charge is 0.390 e. The van der Waals surface area contributed by atoms with Crippen molar-refractivity contribution < 1.29 is 23.1 Å². The molecule has 2 fully saturated rings. The fraction of sp³-hybridized carbons (Fsp3) is 0.611. The molecule has 1 amide bonds. The van der Waals surface area contributed by atoms with Gasteiger partial charge in [-0.05, 0) is 5.56 Å². The molecule has 0 aliphatic carbocycles. The second-order valence-electron chi connectivity index (χ2n) is 6.90. The van der Waals surface area contributed by atoms with Gasteiger partial charge in [-0.3, -0.25) is 9.69 Å². The molecular weight excluding hydrogens is 333 g/mol. The fourth-order valence-electron chi connectivity index (χ4n) is 4.39. The first kappa shape index (κ1) is 18.2. The number of benzene rings is 1. The van der Waals surface area contributed by atoms with Crippen LogP contribution in [-0.4, -0.2) is 64.8 Å². The molecule has 2 saturated heterocycles. The van der Waals surface area contributed by atoms with Crippen molar-refractivity contribution in [2.75, 3.05) is 26.2 Å². The largest absolute Gasteiger partial charge is 0.395 e. The van der Waals surface area contributed by atoms with Gasteiger partial charge in [-0.25, -0.2) is 0 Å². The standard InChI is InChI=1S/C18H23F3N2O2/c1-2-15(25)22-11-17(12-22)16(13-6-4-3-5-7-13)14(10-24)23(17)9-8-18(19,20)21/h3-7,14,16,24H,2,8-12H2,1H3/t14-,16+/m1/s1. The highest BCUT2D eigenvalue weighted by Crippen LogP contribution is 2.54. The fourth-order valence-corrected chi connectivity index (χ4v) is 4.39. The van der Waals surface area contributed by atoms with Gasteiger partial charge in [-0.2, -0.15) is 13.2 Å². The van der Waals surface area contributed by atoms with Gasteiger partial charge in [0.1, 0.15) is 0 Å². The van der Waals surface area contributed by atoms with E-state index < -0.39 is 18.1 Å². The van der Waals surface area contributed by atoms with E-state index >= 15 is 0 Å². The molecule has 2 heterocycles. The van der Waals surface area contributed by atoms with Gasteiger partial charge in [-0.1, -0.05) is 37.3 Å². The summed E-state index contributed by atoms with van der Waals surface area (Å²) in [5.41, 5.74) is 0.513. The number of aliphatic hydroxyl groups is 1. The SMILES string of the molecule is CCC(=O)N1CC2(C1)[C@@H](c1ccccc1)[C@@H](CO)N2CCC(F)(F)F. The van der Waals surface area contributed by atoms with Gasteiger partial charge in [0.25, 0.3) is 0 Å².